The third-order valence-electron chi connectivity index (χ3n) is 1.59. The zero-order valence-electron chi connectivity index (χ0n) is 6.42. The van der Waals surface area contributed by atoms with Gasteiger partial charge in [-0.15, -0.1) is 11.3 Å². The molecular weight excluding hydrogens is 142 g/mol. The lowest BCUT2D eigenvalue weighted by Gasteiger charge is -2.03. The molecule has 0 saturated carbocycles. The summed E-state index contributed by atoms with van der Waals surface area (Å²) in [6, 6.07) is 2.16. The third-order valence-corrected chi connectivity index (χ3v) is 2.55. The number of hydrogen-bond donors (Lipinski definition) is 1. The van der Waals surface area contributed by atoms with Crippen molar-refractivity contribution in [3.63, 3.8) is 0 Å². The van der Waals surface area contributed by atoms with Crippen LogP contribution in [0.15, 0.2) is 11.4 Å². The van der Waals surface area contributed by atoms with Crippen LogP contribution in [0.5, 0.6) is 0 Å². The van der Waals surface area contributed by atoms with Gasteiger partial charge in [0.2, 0.25) is 0 Å². The minimum absolute atomic E-state index is 0.616. The van der Waals surface area contributed by atoms with Gasteiger partial charge in [-0.05, 0) is 22.9 Å². The normalized spacial score (nSPS) is 10.8. The highest BCUT2D eigenvalue weighted by molar-refractivity contribution is 7.10. The molecule has 0 aliphatic heterocycles. The van der Waals surface area contributed by atoms with E-state index in [2.05, 4.69) is 25.3 Å². The first kappa shape index (κ1) is 7.76. The second kappa shape index (κ2) is 3.17. The molecule has 1 nitrogen and oxygen atoms in total. The van der Waals surface area contributed by atoms with Gasteiger partial charge in [0.25, 0.3) is 0 Å². The van der Waals surface area contributed by atoms with Gasteiger partial charge >= 0.3 is 0 Å². The van der Waals surface area contributed by atoms with Crippen molar-refractivity contribution in [1.82, 2.24) is 0 Å². The molecule has 0 saturated heterocycles. The van der Waals surface area contributed by atoms with Crippen LogP contribution in [0.1, 0.15) is 30.2 Å². The fraction of sp³-hybridized carbons (Fsp3) is 0.500. The van der Waals surface area contributed by atoms with Gasteiger partial charge in [0.05, 0.1) is 0 Å². The number of nitrogens with two attached hydrogens (primary N) is 1. The van der Waals surface area contributed by atoms with Crippen LogP contribution in [0, 0.1) is 0 Å². The van der Waals surface area contributed by atoms with Crippen LogP contribution in [-0.2, 0) is 6.54 Å². The first-order chi connectivity index (χ1) is 4.75. The molecule has 0 radical (unpaired) electrons. The van der Waals surface area contributed by atoms with Crippen molar-refractivity contribution in [2.75, 3.05) is 0 Å². The summed E-state index contributed by atoms with van der Waals surface area (Å²) in [4.78, 5) is 1.33. The molecule has 1 aromatic heterocycles. The van der Waals surface area contributed by atoms with E-state index in [-0.39, 0.29) is 0 Å². The SMILES string of the molecule is CC(C)c1ccsc1CN. The zero-order chi connectivity index (χ0) is 7.56. The summed E-state index contributed by atoms with van der Waals surface area (Å²) in [6.45, 7) is 5.08. The van der Waals surface area contributed by atoms with Crippen molar-refractivity contribution < 1.29 is 0 Å². The Kier molecular flexibility index (Phi) is 2.46. The molecule has 0 atom stereocenters. The molecule has 10 heavy (non-hydrogen) atoms. The number of rotatable bonds is 2. The zero-order valence-corrected chi connectivity index (χ0v) is 7.24. The average molecular weight is 155 g/mol. The van der Waals surface area contributed by atoms with E-state index >= 15 is 0 Å². The molecule has 1 aromatic rings. The highest BCUT2D eigenvalue weighted by Gasteiger charge is 2.04. The molecule has 0 amide bonds. The minimum Gasteiger partial charge on any atom is -0.326 e. The monoisotopic (exact) mass is 155 g/mol. The van der Waals surface area contributed by atoms with Gasteiger partial charge < -0.3 is 5.73 Å². The lowest BCUT2D eigenvalue weighted by molar-refractivity contribution is 0.851. The summed E-state index contributed by atoms with van der Waals surface area (Å²) < 4.78 is 0. The lowest BCUT2D eigenvalue weighted by Crippen LogP contribution is -1.97. The fourth-order valence-corrected chi connectivity index (χ4v) is 1.95. The Morgan fingerprint density at radius 2 is 2.30 bits per heavy atom. The van der Waals surface area contributed by atoms with E-state index in [0.717, 1.165) is 0 Å². The van der Waals surface area contributed by atoms with Crippen LogP contribution >= 0.6 is 11.3 Å². The first-order valence-corrected chi connectivity index (χ1v) is 4.40. The topological polar surface area (TPSA) is 26.0 Å². The quantitative estimate of drug-likeness (QED) is 0.697. The number of thiophene rings is 1. The maximum atomic E-state index is 5.54. The summed E-state index contributed by atoms with van der Waals surface area (Å²) >= 11 is 1.75. The molecule has 0 aromatic carbocycles. The summed E-state index contributed by atoms with van der Waals surface area (Å²) in [5, 5.41) is 2.11. The van der Waals surface area contributed by atoms with Crippen molar-refractivity contribution in [2.45, 2.75) is 26.3 Å². The molecule has 2 heteroatoms. The van der Waals surface area contributed by atoms with E-state index in [0.29, 0.717) is 12.5 Å². The summed E-state index contributed by atoms with van der Waals surface area (Å²) in [5.74, 6) is 0.616. The highest BCUT2D eigenvalue weighted by Crippen LogP contribution is 2.23. The smallest absolute Gasteiger partial charge is 0.0276 e. The van der Waals surface area contributed by atoms with Crippen molar-refractivity contribution in [2.24, 2.45) is 5.73 Å². The van der Waals surface area contributed by atoms with Crippen molar-refractivity contribution in [1.29, 1.82) is 0 Å². The van der Waals surface area contributed by atoms with E-state index < -0.39 is 0 Å². The second-order valence-electron chi connectivity index (χ2n) is 2.66. The standard InChI is InChI=1S/C8H13NS/c1-6(2)7-3-4-10-8(7)5-9/h3-4,6H,5,9H2,1-2H3. The Balaban J connectivity index is 2.90. The Morgan fingerprint density at radius 3 is 2.70 bits per heavy atom. The maximum absolute atomic E-state index is 5.54. The molecule has 0 bridgehead atoms. The predicted octanol–water partition coefficient (Wildman–Crippen LogP) is 2.33. The summed E-state index contributed by atoms with van der Waals surface area (Å²) in [7, 11) is 0. The molecule has 0 spiro atoms. The average Bonchev–Trinajstić information content (AvgIpc) is 2.33. The summed E-state index contributed by atoms with van der Waals surface area (Å²) in [6.07, 6.45) is 0. The van der Waals surface area contributed by atoms with Crippen LogP contribution in [-0.4, -0.2) is 0 Å². The van der Waals surface area contributed by atoms with Crippen molar-refractivity contribution >= 4 is 11.3 Å². The number of hydrogen-bond acceptors (Lipinski definition) is 2. The Hall–Kier alpha value is -0.340. The first-order valence-electron chi connectivity index (χ1n) is 3.52. The van der Waals surface area contributed by atoms with Gasteiger partial charge in [-0.3, -0.25) is 0 Å². The van der Waals surface area contributed by atoms with Crippen LogP contribution in [0.3, 0.4) is 0 Å². The van der Waals surface area contributed by atoms with Gasteiger partial charge in [0, 0.05) is 11.4 Å². The largest absolute Gasteiger partial charge is 0.326 e. The van der Waals surface area contributed by atoms with Crippen molar-refractivity contribution in [3.8, 4) is 0 Å². The van der Waals surface area contributed by atoms with Crippen LogP contribution < -0.4 is 5.73 Å². The Labute approximate surface area is 65.9 Å². The van der Waals surface area contributed by atoms with Gasteiger partial charge in [0.1, 0.15) is 0 Å². The predicted molar refractivity (Wildman–Crippen MR) is 46.3 cm³/mol. The van der Waals surface area contributed by atoms with Crippen LogP contribution in [0.25, 0.3) is 0 Å². The Bertz CT molecular complexity index is 203. The summed E-state index contributed by atoms with van der Waals surface area (Å²) in [5.41, 5.74) is 6.95. The van der Waals surface area contributed by atoms with Crippen LogP contribution in [0.4, 0.5) is 0 Å². The minimum atomic E-state index is 0.616. The van der Waals surface area contributed by atoms with E-state index in [1.165, 1.54) is 10.4 Å². The second-order valence-corrected chi connectivity index (χ2v) is 3.66. The fourth-order valence-electron chi connectivity index (χ4n) is 1.03. The highest BCUT2D eigenvalue weighted by atomic mass is 32.1. The van der Waals surface area contributed by atoms with Gasteiger partial charge in [-0.2, -0.15) is 0 Å². The van der Waals surface area contributed by atoms with E-state index in [1.54, 1.807) is 11.3 Å². The van der Waals surface area contributed by atoms with E-state index in [9.17, 15) is 0 Å². The van der Waals surface area contributed by atoms with E-state index in [1.807, 2.05) is 0 Å². The molecule has 2 N–H and O–H groups in total. The molecule has 0 aliphatic carbocycles. The molecular formula is C8H13NS. The molecule has 1 rings (SSSR count). The van der Waals surface area contributed by atoms with E-state index in [4.69, 9.17) is 5.73 Å². The molecule has 0 fully saturated rings. The van der Waals surface area contributed by atoms with Crippen LogP contribution in [0.2, 0.25) is 0 Å². The van der Waals surface area contributed by atoms with Crippen molar-refractivity contribution in [3.05, 3.63) is 21.9 Å². The molecule has 0 unspecified atom stereocenters. The third kappa shape index (κ3) is 1.39. The Morgan fingerprint density at radius 1 is 1.60 bits per heavy atom. The molecule has 56 valence electrons. The lowest BCUT2D eigenvalue weighted by atomic mass is 10.1. The van der Waals surface area contributed by atoms with Gasteiger partial charge in [-0.25, -0.2) is 0 Å². The maximum Gasteiger partial charge on any atom is 0.0276 e. The molecule has 0 aliphatic rings. The van der Waals surface area contributed by atoms with Gasteiger partial charge in [-0.1, -0.05) is 13.8 Å². The van der Waals surface area contributed by atoms with Gasteiger partial charge in [0.15, 0.2) is 0 Å². The molecule has 1 heterocycles.